The van der Waals surface area contributed by atoms with Gasteiger partial charge in [-0.05, 0) is 68.7 Å². The number of amides is 1. The highest BCUT2D eigenvalue weighted by atomic mass is 32.1. The molecule has 2 aromatic rings. The van der Waals surface area contributed by atoms with Crippen LogP contribution in [0.15, 0.2) is 18.2 Å². The summed E-state index contributed by atoms with van der Waals surface area (Å²) < 4.78 is 5.23. The number of esters is 1. The molecule has 0 spiro atoms. The van der Waals surface area contributed by atoms with Gasteiger partial charge in [0, 0.05) is 10.6 Å². The first kappa shape index (κ1) is 18.6. The van der Waals surface area contributed by atoms with Crippen LogP contribution in [0.25, 0.3) is 0 Å². The SMILES string of the molecule is Cc1cc(C)c(NC(=O)COC(=O)c2cc3c(s2)CC[C@@H](C)C3)c(C)c1. The molecule has 1 N–H and O–H groups in total. The zero-order valence-corrected chi connectivity index (χ0v) is 16.6. The Kier molecular flexibility index (Phi) is 5.47. The second-order valence-electron chi connectivity index (χ2n) is 7.31. The van der Waals surface area contributed by atoms with Crippen LogP contribution in [-0.2, 0) is 22.4 Å². The maximum atomic E-state index is 12.3. The number of nitrogens with one attached hydrogen (secondary N) is 1. The number of anilines is 1. The van der Waals surface area contributed by atoms with Gasteiger partial charge in [0.25, 0.3) is 5.91 Å². The van der Waals surface area contributed by atoms with Crippen LogP contribution in [0.1, 0.15) is 50.1 Å². The van der Waals surface area contributed by atoms with Gasteiger partial charge in [0.1, 0.15) is 4.88 Å². The van der Waals surface area contributed by atoms with Gasteiger partial charge in [0.05, 0.1) is 0 Å². The summed E-state index contributed by atoms with van der Waals surface area (Å²) in [4.78, 5) is 26.4. The second-order valence-corrected chi connectivity index (χ2v) is 8.44. The molecule has 0 bridgehead atoms. The highest BCUT2D eigenvalue weighted by Gasteiger charge is 2.22. The van der Waals surface area contributed by atoms with Crippen LogP contribution in [0.4, 0.5) is 5.69 Å². The van der Waals surface area contributed by atoms with Gasteiger partial charge < -0.3 is 10.1 Å². The number of aryl methyl sites for hydroxylation is 4. The average molecular weight is 372 g/mol. The van der Waals surface area contributed by atoms with E-state index in [4.69, 9.17) is 4.74 Å². The van der Waals surface area contributed by atoms with E-state index in [1.807, 2.05) is 39.0 Å². The maximum absolute atomic E-state index is 12.3. The van der Waals surface area contributed by atoms with E-state index in [-0.39, 0.29) is 12.5 Å². The Morgan fingerprint density at radius 1 is 1.19 bits per heavy atom. The maximum Gasteiger partial charge on any atom is 0.348 e. The van der Waals surface area contributed by atoms with Gasteiger partial charge in [0.15, 0.2) is 6.61 Å². The van der Waals surface area contributed by atoms with E-state index in [1.165, 1.54) is 28.2 Å². The molecule has 0 saturated heterocycles. The Balaban J connectivity index is 1.59. The predicted octanol–water partition coefficient (Wildman–Crippen LogP) is 4.59. The summed E-state index contributed by atoms with van der Waals surface area (Å²) in [5.41, 5.74) is 5.21. The Morgan fingerprint density at radius 3 is 2.58 bits per heavy atom. The molecule has 3 rings (SSSR count). The van der Waals surface area contributed by atoms with E-state index in [1.54, 1.807) is 0 Å². The highest BCUT2D eigenvalue weighted by molar-refractivity contribution is 7.14. The summed E-state index contributed by atoms with van der Waals surface area (Å²) in [5, 5.41) is 2.85. The summed E-state index contributed by atoms with van der Waals surface area (Å²) >= 11 is 1.50. The number of hydrogen-bond donors (Lipinski definition) is 1. The minimum Gasteiger partial charge on any atom is -0.451 e. The number of hydrogen-bond acceptors (Lipinski definition) is 4. The molecule has 1 atom stereocenters. The van der Waals surface area contributed by atoms with Gasteiger partial charge >= 0.3 is 5.97 Å². The smallest absolute Gasteiger partial charge is 0.348 e. The van der Waals surface area contributed by atoms with E-state index in [0.29, 0.717) is 10.8 Å². The number of ether oxygens (including phenoxy) is 1. The van der Waals surface area contributed by atoms with Crippen molar-refractivity contribution in [1.29, 1.82) is 0 Å². The molecule has 1 aliphatic carbocycles. The lowest BCUT2D eigenvalue weighted by Gasteiger charge is -2.16. The van der Waals surface area contributed by atoms with Crippen LogP contribution < -0.4 is 5.32 Å². The van der Waals surface area contributed by atoms with Crippen molar-refractivity contribution in [3.63, 3.8) is 0 Å². The van der Waals surface area contributed by atoms with E-state index in [2.05, 4.69) is 12.2 Å². The van der Waals surface area contributed by atoms with Gasteiger partial charge in [0.2, 0.25) is 0 Å². The van der Waals surface area contributed by atoms with Crippen LogP contribution in [0.5, 0.6) is 0 Å². The van der Waals surface area contributed by atoms with Gasteiger partial charge in [-0.25, -0.2) is 4.79 Å². The first-order valence-electron chi connectivity index (χ1n) is 9.00. The first-order chi connectivity index (χ1) is 12.3. The van der Waals surface area contributed by atoms with Gasteiger partial charge in [-0.3, -0.25) is 4.79 Å². The van der Waals surface area contributed by atoms with Crippen molar-refractivity contribution in [2.24, 2.45) is 5.92 Å². The lowest BCUT2D eigenvalue weighted by atomic mass is 9.90. The van der Waals surface area contributed by atoms with Crippen molar-refractivity contribution in [2.75, 3.05) is 11.9 Å². The molecule has 4 nitrogen and oxygen atoms in total. The summed E-state index contributed by atoms with van der Waals surface area (Å²) in [6.07, 6.45) is 3.21. The fourth-order valence-corrected chi connectivity index (χ4v) is 4.66. The minimum absolute atomic E-state index is 0.273. The lowest BCUT2D eigenvalue weighted by molar-refractivity contribution is -0.119. The van der Waals surface area contributed by atoms with Crippen LogP contribution in [0.2, 0.25) is 0 Å². The number of carbonyl (C=O) groups excluding carboxylic acids is 2. The standard InChI is InChI=1S/C21H25NO3S/c1-12-5-6-17-16(9-12)10-18(26-17)21(24)25-11-19(23)22-20-14(3)7-13(2)8-15(20)4/h7-8,10,12H,5-6,9,11H2,1-4H3,(H,22,23)/t12-/m1/s1. The van der Waals surface area contributed by atoms with Crippen LogP contribution in [-0.4, -0.2) is 18.5 Å². The molecule has 1 heterocycles. The van der Waals surface area contributed by atoms with Crippen molar-refractivity contribution >= 4 is 28.9 Å². The van der Waals surface area contributed by atoms with Gasteiger partial charge in [-0.15, -0.1) is 11.3 Å². The van der Waals surface area contributed by atoms with Gasteiger partial charge in [-0.1, -0.05) is 24.6 Å². The normalized spacial score (nSPS) is 16.1. The average Bonchev–Trinajstić information content (AvgIpc) is 2.99. The fourth-order valence-electron chi connectivity index (χ4n) is 3.56. The molecule has 0 aliphatic heterocycles. The minimum atomic E-state index is -0.412. The zero-order valence-electron chi connectivity index (χ0n) is 15.8. The number of thiophene rings is 1. The number of rotatable bonds is 4. The first-order valence-corrected chi connectivity index (χ1v) is 9.81. The fraction of sp³-hybridized carbons (Fsp3) is 0.429. The largest absolute Gasteiger partial charge is 0.451 e. The monoisotopic (exact) mass is 371 g/mol. The van der Waals surface area contributed by atoms with Crippen molar-refractivity contribution < 1.29 is 14.3 Å². The third-order valence-electron chi connectivity index (χ3n) is 4.81. The third kappa shape index (κ3) is 4.15. The Labute approximate surface area is 158 Å². The molecule has 138 valence electrons. The van der Waals surface area contributed by atoms with Crippen molar-refractivity contribution in [2.45, 2.75) is 47.0 Å². The molecule has 1 aromatic heterocycles. The highest BCUT2D eigenvalue weighted by Crippen LogP contribution is 2.32. The van der Waals surface area contributed by atoms with E-state index < -0.39 is 5.97 Å². The molecule has 0 saturated carbocycles. The summed E-state index contributed by atoms with van der Waals surface area (Å²) in [6.45, 7) is 7.90. The topological polar surface area (TPSA) is 55.4 Å². The van der Waals surface area contributed by atoms with E-state index >= 15 is 0 Å². The third-order valence-corrected chi connectivity index (χ3v) is 6.02. The lowest BCUT2D eigenvalue weighted by Crippen LogP contribution is -2.21. The van der Waals surface area contributed by atoms with Crippen LogP contribution in [0.3, 0.4) is 0 Å². The molecule has 0 unspecified atom stereocenters. The molecule has 1 aromatic carbocycles. The zero-order chi connectivity index (χ0) is 18.8. The van der Waals surface area contributed by atoms with Gasteiger partial charge in [-0.2, -0.15) is 0 Å². The van der Waals surface area contributed by atoms with Crippen molar-refractivity contribution in [1.82, 2.24) is 0 Å². The van der Waals surface area contributed by atoms with Crippen LogP contribution in [0, 0.1) is 26.7 Å². The van der Waals surface area contributed by atoms with E-state index in [9.17, 15) is 9.59 Å². The summed E-state index contributed by atoms with van der Waals surface area (Å²) in [5.74, 6) is -0.0689. The predicted molar refractivity (Wildman–Crippen MR) is 105 cm³/mol. The van der Waals surface area contributed by atoms with E-state index in [0.717, 1.165) is 35.2 Å². The molecular formula is C21H25NO3S. The summed E-state index contributed by atoms with van der Waals surface area (Å²) in [7, 11) is 0. The number of carbonyl (C=O) groups is 2. The Bertz CT molecular complexity index is 830. The second kappa shape index (κ2) is 7.62. The molecule has 0 fully saturated rings. The van der Waals surface area contributed by atoms with Crippen molar-refractivity contribution in [3.8, 4) is 0 Å². The van der Waals surface area contributed by atoms with Crippen molar-refractivity contribution in [3.05, 3.63) is 50.2 Å². The molecule has 5 heteroatoms. The molecule has 26 heavy (non-hydrogen) atoms. The quantitative estimate of drug-likeness (QED) is 0.800. The van der Waals surface area contributed by atoms with Crippen LogP contribution >= 0.6 is 11.3 Å². The molecule has 0 radical (unpaired) electrons. The number of benzene rings is 1. The Morgan fingerprint density at radius 2 is 1.88 bits per heavy atom. The number of fused-ring (bicyclic) bond motifs is 1. The molecular weight excluding hydrogens is 346 g/mol. The summed E-state index contributed by atoms with van der Waals surface area (Å²) in [6, 6.07) is 5.97. The Hall–Kier alpha value is -2.14. The molecule has 1 amide bonds. The molecule has 1 aliphatic rings.